The van der Waals surface area contributed by atoms with Crippen molar-refractivity contribution in [1.82, 2.24) is 4.98 Å². The largest absolute Gasteiger partial charge is 0.492 e. The number of likely N-dealkylation sites (N-methyl/N-ethyl adjacent to an activating group) is 1. The Bertz CT molecular complexity index is 1190. The number of nitrogens with zero attached hydrogens (tertiary/aromatic N) is 2. The van der Waals surface area contributed by atoms with Crippen LogP contribution in [0.1, 0.15) is 17.3 Å². The van der Waals surface area contributed by atoms with Gasteiger partial charge >= 0.3 is 0 Å². The molecule has 1 heterocycles. The van der Waals surface area contributed by atoms with Crippen LogP contribution >= 0.6 is 11.3 Å². The normalized spacial score (nSPS) is 11.3. The molecule has 0 atom stereocenters. The molecule has 0 bridgehead atoms. The van der Waals surface area contributed by atoms with Gasteiger partial charge in [0, 0.05) is 5.56 Å². The van der Waals surface area contributed by atoms with Gasteiger partial charge in [0.2, 0.25) is 0 Å². The van der Waals surface area contributed by atoms with E-state index in [1.165, 1.54) is 16.2 Å². The number of aromatic nitrogens is 1. The van der Waals surface area contributed by atoms with Gasteiger partial charge in [-0.2, -0.15) is 0 Å². The molecular weight excluding hydrogens is 394 g/mol. The fourth-order valence-corrected chi connectivity index (χ4v) is 4.40. The molecule has 0 spiro atoms. The lowest BCUT2D eigenvalue weighted by atomic mass is 10.1. The molecule has 1 N–H and O–H groups in total. The third-order valence-electron chi connectivity index (χ3n) is 4.98. The van der Waals surface area contributed by atoms with Crippen LogP contribution in [0.3, 0.4) is 0 Å². The molecule has 0 aliphatic rings. The van der Waals surface area contributed by atoms with Crippen molar-refractivity contribution in [3.05, 3.63) is 66.2 Å². The molecule has 0 fully saturated rings. The number of hydrogen-bond donors (Lipinski definition) is 1. The summed E-state index contributed by atoms with van der Waals surface area (Å²) in [6, 6.07) is 19.9. The van der Waals surface area contributed by atoms with Crippen molar-refractivity contribution in [3.8, 4) is 5.75 Å². The van der Waals surface area contributed by atoms with Gasteiger partial charge in [-0.1, -0.05) is 47.7 Å². The number of ether oxygens (including phenoxy) is 1. The van der Waals surface area contributed by atoms with Crippen molar-refractivity contribution in [1.29, 1.82) is 0 Å². The van der Waals surface area contributed by atoms with Crippen molar-refractivity contribution in [3.63, 3.8) is 0 Å². The summed E-state index contributed by atoms with van der Waals surface area (Å²) in [6.07, 6.45) is 0. The number of nitrogens with one attached hydrogen (secondary N) is 1. The Hall–Kier alpha value is -2.96. The van der Waals surface area contributed by atoms with E-state index in [1.54, 1.807) is 4.90 Å². The highest BCUT2D eigenvalue weighted by Gasteiger charge is 2.23. The number of carbonyl (C=O) groups excluding carboxylic acids is 1. The minimum absolute atomic E-state index is 0.0287. The van der Waals surface area contributed by atoms with Gasteiger partial charge in [-0.05, 0) is 42.0 Å². The molecule has 0 saturated heterocycles. The molecule has 3 aromatic carbocycles. The fraction of sp³-hybridized carbons (Fsp3) is 0.250. The first kappa shape index (κ1) is 20.3. The van der Waals surface area contributed by atoms with E-state index < -0.39 is 0 Å². The first-order chi connectivity index (χ1) is 14.6. The molecule has 0 radical (unpaired) electrons. The lowest BCUT2D eigenvalue weighted by Gasteiger charge is -2.21. The predicted octanol–water partition coefficient (Wildman–Crippen LogP) is 3.64. The van der Waals surface area contributed by atoms with Gasteiger partial charge < -0.3 is 9.64 Å². The zero-order chi connectivity index (χ0) is 21.1. The third kappa shape index (κ3) is 4.15. The monoisotopic (exact) mass is 420 g/mol. The van der Waals surface area contributed by atoms with Crippen LogP contribution in [0.25, 0.3) is 21.0 Å². The van der Waals surface area contributed by atoms with Gasteiger partial charge in [-0.25, -0.2) is 4.98 Å². The first-order valence-electron chi connectivity index (χ1n) is 10.2. The summed E-state index contributed by atoms with van der Waals surface area (Å²) < 4.78 is 6.76. The summed E-state index contributed by atoms with van der Waals surface area (Å²) >= 11 is 1.53. The van der Waals surface area contributed by atoms with Crippen LogP contribution in [-0.2, 0) is 0 Å². The number of para-hydroxylation sites is 1. The van der Waals surface area contributed by atoms with Gasteiger partial charge in [-0.3, -0.25) is 9.69 Å². The molecule has 0 saturated carbocycles. The second-order valence-electron chi connectivity index (χ2n) is 7.51. The molecule has 30 heavy (non-hydrogen) atoms. The van der Waals surface area contributed by atoms with Gasteiger partial charge in [0.1, 0.15) is 11.3 Å². The van der Waals surface area contributed by atoms with Crippen LogP contribution in [0.15, 0.2) is 60.7 Å². The van der Waals surface area contributed by atoms with E-state index in [1.807, 2.05) is 61.5 Å². The molecule has 0 aliphatic carbocycles. The lowest BCUT2D eigenvalue weighted by Crippen LogP contribution is -3.06. The molecule has 0 aliphatic heterocycles. The molecule has 4 rings (SSSR count). The van der Waals surface area contributed by atoms with E-state index in [4.69, 9.17) is 9.72 Å². The average Bonchev–Trinajstić information content (AvgIpc) is 3.18. The second kappa shape index (κ2) is 8.81. The van der Waals surface area contributed by atoms with Crippen LogP contribution < -0.4 is 14.5 Å². The van der Waals surface area contributed by atoms with Crippen LogP contribution in [0, 0.1) is 0 Å². The first-order valence-corrected chi connectivity index (χ1v) is 11.0. The molecule has 6 heteroatoms. The lowest BCUT2D eigenvalue weighted by molar-refractivity contribution is -0.856. The van der Waals surface area contributed by atoms with Crippen LogP contribution in [0.2, 0.25) is 0 Å². The number of amides is 1. The number of rotatable bonds is 7. The van der Waals surface area contributed by atoms with Gasteiger partial charge in [-0.15, -0.1) is 0 Å². The maximum absolute atomic E-state index is 13.5. The average molecular weight is 421 g/mol. The SMILES string of the molecule is CCOc1cccc2sc(N(CC[NH+](C)C)C(=O)c3ccc4ccccc4c3)nc12. The van der Waals surface area contributed by atoms with Crippen molar-refractivity contribution < 1.29 is 14.4 Å². The number of hydrogen-bond acceptors (Lipinski definition) is 4. The van der Waals surface area contributed by atoms with Crippen molar-refractivity contribution in [2.75, 3.05) is 38.7 Å². The summed E-state index contributed by atoms with van der Waals surface area (Å²) in [5.41, 5.74) is 1.49. The molecule has 1 amide bonds. The number of anilines is 1. The van der Waals surface area contributed by atoms with Crippen molar-refractivity contribution in [2.24, 2.45) is 0 Å². The highest BCUT2D eigenvalue weighted by atomic mass is 32.1. The smallest absolute Gasteiger partial charge is 0.260 e. The number of quaternary nitrogens is 1. The number of thiazole rings is 1. The zero-order valence-electron chi connectivity index (χ0n) is 17.5. The summed E-state index contributed by atoms with van der Waals surface area (Å²) in [6.45, 7) is 3.96. The summed E-state index contributed by atoms with van der Waals surface area (Å²) in [4.78, 5) is 21.4. The standard InChI is InChI=1S/C24H25N3O2S/c1-4-29-20-10-7-11-21-22(20)25-24(30-21)27(15-14-26(2)3)23(28)19-13-12-17-8-5-6-9-18(17)16-19/h5-13,16H,4,14-15H2,1-3H3/p+1. The second-order valence-corrected chi connectivity index (χ2v) is 8.52. The Labute approximate surface area is 180 Å². The van der Waals surface area contributed by atoms with Gasteiger partial charge in [0.25, 0.3) is 5.91 Å². The predicted molar refractivity (Wildman–Crippen MR) is 124 cm³/mol. The van der Waals surface area contributed by atoms with E-state index in [-0.39, 0.29) is 5.91 Å². The Balaban J connectivity index is 1.74. The Kier molecular flexibility index (Phi) is 5.97. The zero-order valence-corrected chi connectivity index (χ0v) is 18.3. The van der Waals surface area contributed by atoms with Crippen LogP contribution in [0.5, 0.6) is 5.75 Å². The van der Waals surface area contributed by atoms with Crippen molar-refractivity contribution in [2.45, 2.75) is 6.92 Å². The Morgan fingerprint density at radius 2 is 1.87 bits per heavy atom. The summed E-state index contributed by atoms with van der Waals surface area (Å²) in [5.74, 6) is 0.729. The highest BCUT2D eigenvalue weighted by molar-refractivity contribution is 7.22. The number of fused-ring (bicyclic) bond motifs is 2. The molecule has 5 nitrogen and oxygen atoms in total. The minimum Gasteiger partial charge on any atom is -0.492 e. The maximum Gasteiger partial charge on any atom is 0.260 e. The van der Waals surface area contributed by atoms with E-state index in [0.29, 0.717) is 23.8 Å². The summed E-state index contributed by atoms with van der Waals surface area (Å²) in [7, 11) is 4.18. The number of carbonyl (C=O) groups is 1. The van der Waals surface area contributed by atoms with E-state index in [9.17, 15) is 4.79 Å². The summed E-state index contributed by atoms with van der Waals surface area (Å²) in [5, 5.41) is 2.89. The van der Waals surface area contributed by atoms with Crippen LogP contribution in [0.4, 0.5) is 5.13 Å². The molecule has 1 aromatic heterocycles. The van der Waals surface area contributed by atoms with Gasteiger partial charge in [0.15, 0.2) is 5.13 Å². The van der Waals surface area contributed by atoms with E-state index in [0.717, 1.165) is 33.3 Å². The maximum atomic E-state index is 13.5. The van der Waals surface area contributed by atoms with E-state index in [2.05, 4.69) is 20.2 Å². The molecule has 0 unspecified atom stereocenters. The molecule has 4 aromatic rings. The van der Waals surface area contributed by atoms with Crippen LogP contribution in [-0.4, -0.2) is 44.7 Å². The third-order valence-corrected chi connectivity index (χ3v) is 6.02. The minimum atomic E-state index is -0.0287. The fourth-order valence-electron chi connectivity index (χ4n) is 3.40. The molecule has 154 valence electrons. The Morgan fingerprint density at radius 3 is 2.63 bits per heavy atom. The quantitative estimate of drug-likeness (QED) is 0.497. The van der Waals surface area contributed by atoms with Gasteiger partial charge in [0.05, 0.1) is 38.5 Å². The topological polar surface area (TPSA) is 46.9 Å². The van der Waals surface area contributed by atoms with Crippen molar-refractivity contribution >= 4 is 43.4 Å². The Morgan fingerprint density at radius 1 is 1.07 bits per heavy atom. The highest BCUT2D eigenvalue weighted by Crippen LogP contribution is 2.34. The van der Waals surface area contributed by atoms with E-state index >= 15 is 0 Å². The molecular formula is C24H26N3O2S+. The number of benzene rings is 3.